The van der Waals surface area contributed by atoms with Gasteiger partial charge in [0, 0.05) is 23.7 Å². The number of fused-ring (bicyclic) bond motifs is 2. The van der Waals surface area contributed by atoms with Crippen molar-refractivity contribution in [3.63, 3.8) is 0 Å². The van der Waals surface area contributed by atoms with Gasteiger partial charge in [-0.25, -0.2) is 13.7 Å². The van der Waals surface area contributed by atoms with E-state index in [-0.39, 0.29) is 11.5 Å². The zero-order chi connectivity index (χ0) is 22.6. The van der Waals surface area contributed by atoms with Crippen LogP contribution in [-0.4, -0.2) is 38.8 Å². The van der Waals surface area contributed by atoms with Gasteiger partial charge in [-0.05, 0) is 44.4 Å². The Morgan fingerprint density at radius 2 is 2.09 bits per heavy atom. The molecular weight excluding hydrogens is 417 g/mol. The summed E-state index contributed by atoms with van der Waals surface area (Å²) >= 11 is 0. The van der Waals surface area contributed by atoms with Gasteiger partial charge in [0.1, 0.15) is 28.8 Å². The Morgan fingerprint density at radius 1 is 1.28 bits per heavy atom. The SMILES string of the molecule is Cc1oc2cc(Oc3ccnn4cc(C(=O)O)c(C)c34)ccc2c1C(=O)N[C@@H]1CC[C@@H]1F. The molecule has 0 unspecified atom stereocenters. The van der Waals surface area contributed by atoms with Crippen molar-refractivity contribution in [2.45, 2.75) is 38.9 Å². The van der Waals surface area contributed by atoms with Crippen LogP contribution in [0.15, 0.2) is 41.1 Å². The normalized spacial score (nSPS) is 18.0. The first kappa shape index (κ1) is 20.0. The number of aromatic carboxylic acids is 1. The van der Waals surface area contributed by atoms with E-state index >= 15 is 0 Å². The van der Waals surface area contributed by atoms with Gasteiger partial charge in [-0.1, -0.05) is 0 Å². The van der Waals surface area contributed by atoms with E-state index in [0.29, 0.717) is 57.7 Å². The van der Waals surface area contributed by atoms with Crippen LogP contribution in [-0.2, 0) is 0 Å². The molecule has 0 spiro atoms. The maximum atomic E-state index is 13.5. The van der Waals surface area contributed by atoms with Crippen LogP contribution in [0.3, 0.4) is 0 Å². The summed E-state index contributed by atoms with van der Waals surface area (Å²) in [5, 5.41) is 16.9. The van der Waals surface area contributed by atoms with E-state index in [1.54, 1.807) is 38.1 Å². The van der Waals surface area contributed by atoms with Crippen LogP contribution < -0.4 is 10.1 Å². The van der Waals surface area contributed by atoms with Crippen LogP contribution in [0, 0.1) is 13.8 Å². The second-order valence-corrected chi connectivity index (χ2v) is 7.93. The number of nitrogens with zero attached hydrogens (tertiary/aromatic N) is 2. The molecule has 4 aromatic rings. The number of ether oxygens (including phenoxy) is 1. The number of amides is 1. The van der Waals surface area contributed by atoms with Crippen molar-refractivity contribution in [2.24, 2.45) is 0 Å². The fourth-order valence-electron chi connectivity index (χ4n) is 4.06. The number of hydrogen-bond donors (Lipinski definition) is 2. The highest BCUT2D eigenvalue weighted by molar-refractivity contribution is 6.07. The van der Waals surface area contributed by atoms with E-state index in [0.717, 1.165) is 0 Å². The number of aryl methyl sites for hydroxylation is 2. The van der Waals surface area contributed by atoms with Crippen molar-refractivity contribution in [3.05, 3.63) is 59.1 Å². The van der Waals surface area contributed by atoms with Crippen molar-refractivity contribution in [2.75, 3.05) is 0 Å². The first-order valence-electron chi connectivity index (χ1n) is 10.2. The van der Waals surface area contributed by atoms with Crippen molar-refractivity contribution >= 4 is 28.4 Å². The lowest BCUT2D eigenvalue weighted by atomic mass is 9.90. The van der Waals surface area contributed by atoms with Gasteiger partial charge in [0.05, 0.1) is 23.4 Å². The number of halogens is 1. The Hall–Kier alpha value is -3.88. The number of alkyl halides is 1. The smallest absolute Gasteiger partial charge is 0.337 e. The van der Waals surface area contributed by atoms with Gasteiger partial charge in [0.2, 0.25) is 0 Å². The monoisotopic (exact) mass is 437 g/mol. The van der Waals surface area contributed by atoms with Crippen LogP contribution in [0.2, 0.25) is 0 Å². The molecule has 3 heterocycles. The summed E-state index contributed by atoms with van der Waals surface area (Å²) < 4.78 is 26.8. The molecule has 1 fully saturated rings. The molecule has 32 heavy (non-hydrogen) atoms. The number of carbonyl (C=O) groups excluding carboxylic acids is 1. The quantitative estimate of drug-likeness (QED) is 0.479. The van der Waals surface area contributed by atoms with Crippen LogP contribution in [0.4, 0.5) is 4.39 Å². The van der Waals surface area contributed by atoms with E-state index in [9.17, 15) is 19.1 Å². The van der Waals surface area contributed by atoms with E-state index < -0.39 is 18.2 Å². The number of aromatic nitrogens is 2. The van der Waals surface area contributed by atoms with Crippen molar-refractivity contribution < 1.29 is 28.2 Å². The molecule has 2 N–H and O–H groups in total. The fraction of sp³-hybridized carbons (Fsp3) is 0.261. The topological polar surface area (TPSA) is 106 Å². The zero-order valence-electron chi connectivity index (χ0n) is 17.4. The molecule has 2 atom stereocenters. The largest absolute Gasteiger partial charge is 0.478 e. The molecule has 1 saturated carbocycles. The highest BCUT2D eigenvalue weighted by Crippen LogP contribution is 2.34. The van der Waals surface area contributed by atoms with Gasteiger partial charge >= 0.3 is 5.97 Å². The van der Waals surface area contributed by atoms with Crippen LogP contribution in [0.5, 0.6) is 11.5 Å². The Morgan fingerprint density at radius 3 is 2.78 bits per heavy atom. The zero-order valence-corrected chi connectivity index (χ0v) is 17.4. The van der Waals surface area contributed by atoms with Gasteiger partial charge in [-0.2, -0.15) is 5.10 Å². The number of nitrogens with one attached hydrogen (secondary N) is 1. The molecule has 1 amide bonds. The third-order valence-electron chi connectivity index (χ3n) is 5.92. The van der Waals surface area contributed by atoms with Gasteiger partial charge in [-0.15, -0.1) is 0 Å². The molecular formula is C23H20FN3O5. The second-order valence-electron chi connectivity index (χ2n) is 7.93. The van der Waals surface area contributed by atoms with E-state index in [1.165, 1.54) is 16.9 Å². The predicted molar refractivity (Wildman–Crippen MR) is 113 cm³/mol. The molecule has 3 aromatic heterocycles. The average Bonchev–Trinajstić information content (AvgIpc) is 3.27. The third-order valence-corrected chi connectivity index (χ3v) is 5.92. The minimum absolute atomic E-state index is 0.142. The second kappa shape index (κ2) is 7.37. The van der Waals surface area contributed by atoms with E-state index in [4.69, 9.17) is 9.15 Å². The molecule has 0 radical (unpaired) electrons. The standard InChI is InChI=1S/C23H20FN3O5/c1-11-15(23(29)30)10-27-21(11)18(7-8-25-27)32-13-3-4-14-19(9-13)31-12(2)20(14)22(28)26-17-6-5-16(17)24/h3-4,7-10,16-17H,5-6H2,1-2H3,(H,26,28)(H,29,30)/t16-,17+/m0/s1. The molecule has 0 aliphatic heterocycles. The fourth-order valence-corrected chi connectivity index (χ4v) is 4.06. The summed E-state index contributed by atoms with van der Waals surface area (Å²) in [4.78, 5) is 24.1. The van der Waals surface area contributed by atoms with Gasteiger partial charge in [0.25, 0.3) is 5.91 Å². The van der Waals surface area contributed by atoms with Crippen molar-refractivity contribution in [1.29, 1.82) is 0 Å². The van der Waals surface area contributed by atoms with Crippen molar-refractivity contribution in [1.82, 2.24) is 14.9 Å². The predicted octanol–water partition coefficient (Wildman–Crippen LogP) is 4.42. The molecule has 5 rings (SSSR count). The lowest BCUT2D eigenvalue weighted by Gasteiger charge is -2.30. The lowest BCUT2D eigenvalue weighted by Crippen LogP contribution is -2.48. The molecule has 8 nitrogen and oxygen atoms in total. The van der Waals surface area contributed by atoms with Crippen LogP contribution >= 0.6 is 0 Å². The number of furan rings is 1. The first-order chi connectivity index (χ1) is 15.3. The number of carboxylic acid groups (broad SMARTS) is 1. The molecule has 1 aliphatic carbocycles. The number of rotatable bonds is 5. The molecule has 164 valence electrons. The number of benzene rings is 1. The van der Waals surface area contributed by atoms with Crippen molar-refractivity contribution in [3.8, 4) is 11.5 Å². The summed E-state index contributed by atoms with van der Waals surface area (Å²) in [7, 11) is 0. The van der Waals surface area contributed by atoms with Gasteiger partial charge in [0.15, 0.2) is 5.75 Å². The summed E-state index contributed by atoms with van der Waals surface area (Å²) in [6.07, 6.45) is 3.04. The Kier molecular flexibility index (Phi) is 4.61. The summed E-state index contributed by atoms with van der Waals surface area (Å²) in [6, 6.07) is 6.27. The number of carbonyl (C=O) groups is 2. The minimum atomic E-state index is -1.04. The number of hydrogen-bond acceptors (Lipinski definition) is 5. The van der Waals surface area contributed by atoms with Gasteiger partial charge < -0.3 is 19.6 Å². The molecule has 0 bridgehead atoms. The van der Waals surface area contributed by atoms with Crippen LogP contribution in [0.25, 0.3) is 16.5 Å². The van der Waals surface area contributed by atoms with Crippen LogP contribution in [0.1, 0.15) is 44.9 Å². The Labute approximate surface area is 181 Å². The average molecular weight is 437 g/mol. The maximum absolute atomic E-state index is 13.5. The third kappa shape index (κ3) is 3.17. The Bertz CT molecular complexity index is 1390. The lowest BCUT2D eigenvalue weighted by molar-refractivity contribution is 0.0695. The maximum Gasteiger partial charge on any atom is 0.337 e. The Balaban J connectivity index is 1.48. The first-order valence-corrected chi connectivity index (χ1v) is 10.2. The number of carboxylic acids is 1. The summed E-state index contributed by atoms with van der Waals surface area (Å²) in [6.45, 7) is 3.38. The van der Waals surface area contributed by atoms with Gasteiger partial charge in [-0.3, -0.25) is 4.79 Å². The highest BCUT2D eigenvalue weighted by atomic mass is 19.1. The van der Waals surface area contributed by atoms with E-state index in [1.807, 2.05) is 0 Å². The summed E-state index contributed by atoms with van der Waals surface area (Å²) in [5.74, 6) is -0.0817. The minimum Gasteiger partial charge on any atom is -0.478 e. The molecule has 0 saturated heterocycles. The van der Waals surface area contributed by atoms with E-state index in [2.05, 4.69) is 10.4 Å². The molecule has 1 aliphatic rings. The summed E-state index contributed by atoms with van der Waals surface area (Å²) in [5.41, 5.74) is 2.06. The molecule has 1 aromatic carbocycles. The molecule has 9 heteroatoms. The highest BCUT2D eigenvalue weighted by Gasteiger charge is 2.33.